The first-order valence-electron chi connectivity index (χ1n) is 7.69. The van der Waals surface area contributed by atoms with Crippen LogP contribution in [0.3, 0.4) is 0 Å². The van der Waals surface area contributed by atoms with Crippen LogP contribution in [0.5, 0.6) is 0 Å². The maximum absolute atomic E-state index is 9.75. The Balaban J connectivity index is 1.85. The van der Waals surface area contributed by atoms with Crippen LogP contribution < -0.4 is 0 Å². The van der Waals surface area contributed by atoms with Crippen molar-refractivity contribution in [1.82, 2.24) is 4.90 Å². The van der Waals surface area contributed by atoms with Crippen molar-refractivity contribution in [2.24, 2.45) is 11.3 Å². The number of piperidine rings is 1. The van der Waals surface area contributed by atoms with Gasteiger partial charge < -0.3 is 14.7 Å². The van der Waals surface area contributed by atoms with E-state index in [9.17, 15) is 5.11 Å². The summed E-state index contributed by atoms with van der Waals surface area (Å²) in [6.45, 7) is 8.03. The van der Waals surface area contributed by atoms with Crippen molar-refractivity contribution in [2.75, 3.05) is 39.5 Å². The van der Waals surface area contributed by atoms with Gasteiger partial charge in [-0.1, -0.05) is 13.3 Å². The molecule has 18 heavy (non-hydrogen) atoms. The molecule has 2 heterocycles. The quantitative estimate of drug-likeness (QED) is 0.818. The second kappa shape index (κ2) is 6.88. The second-order valence-electron chi connectivity index (χ2n) is 6.30. The summed E-state index contributed by atoms with van der Waals surface area (Å²) in [5, 5.41) is 9.75. The molecule has 0 saturated carbocycles. The van der Waals surface area contributed by atoms with E-state index in [1.165, 1.54) is 51.6 Å². The van der Waals surface area contributed by atoms with E-state index in [1.54, 1.807) is 0 Å². The minimum absolute atomic E-state index is 0.193. The molecule has 0 bridgehead atoms. The van der Waals surface area contributed by atoms with E-state index in [-0.39, 0.29) is 5.41 Å². The molecule has 2 aliphatic rings. The first-order chi connectivity index (χ1) is 8.78. The summed E-state index contributed by atoms with van der Waals surface area (Å²) in [4.78, 5) is 2.60. The minimum Gasteiger partial charge on any atom is -0.396 e. The molecule has 1 N–H and O–H groups in total. The van der Waals surface area contributed by atoms with Gasteiger partial charge in [0, 0.05) is 38.3 Å². The van der Waals surface area contributed by atoms with E-state index in [0.29, 0.717) is 6.61 Å². The molecular weight excluding hydrogens is 226 g/mol. The lowest BCUT2D eigenvalue weighted by molar-refractivity contribution is 0.00276. The largest absolute Gasteiger partial charge is 0.396 e. The lowest BCUT2D eigenvalue weighted by Gasteiger charge is -2.43. The Kier molecular flexibility index (Phi) is 5.46. The molecule has 0 aliphatic carbocycles. The molecule has 0 spiro atoms. The van der Waals surface area contributed by atoms with Crippen LogP contribution in [0.1, 0.15) is 45.4 Å². The molecule has 2 saturated heterocycles. The van der Waals surface area contributed by atoms with E-state index < -0.39 is 0 Å². The summed E-state index contributed by atoms with van der Waals surface area (Å²) in [6, 6.07) is 0. The number of hydrogen-bond acceptors (Lipinski definition) is 3. The van der Waals surface area contributed by atoms with Crippen molar-refractivity contribution in [1.29, 1.82) is 0 Å². The molecule has 2 fully saturated rings. The van der Waals surface area contributed by atoms with Gasteiger partial charge in [0.1, 0.15) is 0 Å². The second-order valence-corrected chi connectivity index (χ2v) is 6.30. The number of rotatable bonds is 5. The molecule has 0 aromatic heterocycles. The fourth-order valence-electron chi connectivity index (χ4n) is 3.70. The molecule has 106 valence electrons. The molecule has 0 aromatic carbocycles. The predicted octanol–water partition coefficient (Wildman–Crippen LogP) is 2.29. The van der Waals surface area contributed by atoms with Gasteiger partial charge in [0.15, 0.2) is 0 Å². The highest BCUT2D eigenvalue weighted by Crippen LogP contribution is 2.34. The van der Waals surface area contributed by atoms with E-state index >= 15 is 0 Å². The summed E-state index contributed by atoms with van der Waals surface area (Å²) in [6.07, 6.45) is 7.26. The molecule has 2 rings (SSSR count). The van der Waals surface area contributed by atoms with Gasteiger partial charge in [0.2, 0.25) is 0 Å². The molecule has 0 amide bonds. The number of likely N-dealkylation sites (tertiary alicyclic amines) is 1. The van der Waals surface area contributed by atoms with Crippen LogP contribution in [0.2, 0.25) is 0 Å². The van der Waals surface area contributed by atoms with Gasteiger partial charge in [-0.3, -0.25) is 0 Å². The lowest BCUT2D eigenvalue weighted by Crippen LogP contribution is -2.47. The van der Waals surface area contributed by atoms with Gasteiger partial charge in [0.25, 0.3) is 0 Å². The fraction of sp³-hybridized carbons (Fsp3) is 1.00. The van der Waals surface area contributed by atoms with Crippen LogP contribution in [0.25, 0.3) is 0 Å². The average molecular weight is 255 g/mol. The van der Waals surface area contributed by atoms with Gasteiger partial charge in [0.05, 0.1) is 0 Å². The molecule has 0 unspecified atom stereocenters. The van der Waals surface area contributed by atoms with Crippen LogP contribution in [0, 0.1) is 11.3 Å². The van der Waals surface area contributed by atoms with Crippen LogP contribution >= 0.6 is 0 Å². The van der Waals surface area contributed by atoms with Crippen molar-refractivity contribution in [2.45, 2.75) is 45.4 Å². The molecule has 0 radical (unpaired) electrons. The van der Waals surface area contributed by atoms with Crippen molar-refractivity contribution in [3.05, 3.63) is 0 Å². The zero-order chi connectivity index (χ0) is 12.8. The third-order valence-corrected chi connectivity index (χ3v) is 4.71. The van der Waals surface area contributed by atoms with Gasteiger partial charge in [-0.2, -0.15) is 0 Å². The summed E-state index contributed by atoms with van der Waals surface area (Å²) in [7, 11) is 0. The van der Waals surface area contributed by atoms with Gasteiger partial charge in [-0.25, -0.2) is 0 Å². The minimum atomic E-state index is 0.193. The summed E-state index contributed by atoms with van der Waals surface area (Å²) < 4.78 is 5.43. The topological polar surface area (TPSA) is 32.7 Å². The first-order valence-corrected chi connectivity index (χ1v) is 7.69. The highest BCUT2D eigenvalue weighted by molar-refractivity contribution is 4.87. The Morgan fingerprint density at radius 2 is 2.11 bits per heavy atom. The van der Waals surface area contributed by atoms with Crippen LogP contribution in [-0.4, -0.2) is 49.5 Å². The van der Waals surface area contributed by atoms with Crippen LogP contribution in [-0.2, 0) is 4.74 Å². The Bertz CT molecular complexity index is 237. The van der Waals surface area contributed by atoms with Gasteiger partial charge in [-0.05, 0) is 44.6 Å². The summed E-state index contributed by atoms with van der Waals surface area (Å²) in [5.41, 5.74) is 0.193. The molecule has 2 aliphatic heterocycles. The smallest absolute Gasteiger partial charge is 0.0499 e. The van der Waals surface area contributed by atoms with Crippen molar-refractivity contribution in [3.8, 4) is 0 Å². The van der Waals surface area contributed by atoms with Crippen molar-refractivity contribution in [3.63, 3.8) is 0 Å². The third kappa shape index (κ3) is 3.69. The Morgan fingerprint density at radius 1 is 1.33 bits per heavy atom. The lowest BCUT2D eigenvalue weighted by atomic mass is 9.76. The van der Waals surface area contributed by atoms with Crippen LogP contribution in [0.4, 0.5) is 0 Å². The van der Waals surface area contributed by atoms with E-state index in [4.69, 9.17) is 4.74 Å². The molecule has 3 heteroatoms. The van der Waals surface area contributed by atoms with Crippen LogP contribution in [0.15, 0.2) is 0 Å². The maximum atomic E-state index is 9.75. The third-order valence-electron chi connectivity index (χ3n) is 4.71. The Morgan fingerprint density at radius 3 is 2.78 bits per heavy atom. The van der Waals surface area contributed by atoms with E-state index in [0.717, 1.165) is 25.7 Å². The predicted molar refractivity (Wildman–Crippen MR) is 73.6 cm³/mol. The molecule has 3 nitrogen and oxygen atoms in total. The highest BCUT2D eigenvalue weighted by atomic mass is 16.5. The maximum Gasteiger partial charge on any atom is 0.0499 e. The first kappa shape index (κ1) is 14.3. The Hall–Kier alpha value is -0.120. The van der Waals surface area contributed by atoms with Crippen molar-refractivity contribution >= 4 is 0 Å². The van der Waals surface area contributed by atoms with Gasteiger partial charge in [-0.15, -0.1) is 0 Å². The normalized spacial score (nSPS) is 31.7. The standard InChI is InChI=1S/C15H29NO2/c1-2-6-15(13-17)7-3-8-16(12-15)11-14-4-9-18-10-5-14/h14,17H,2-13H2,1H3/t15-/m0/s1. The number of hydrogen-bond donors (Lipinski definition) is 1. The SMILES string of the molecule is CCC[C@]1(CO)CCCN(CC2CCOCC2)C1. The fourth-order valence-corrected chi connectivity index (χ4v) is 3.70. The molecule has 0 aromatic rings. The van der Waals surface area contributed by atoms with E-state index in [2.05, 4.69) is 11.8 Å². The zero-order valence-electron chi connectivity index (χ0n) is 11.9. The van der Waals surface area contributed by atoms with Crippen molar-refractivity contribution < 1.29 is 9.84 Å². The zero-order valence-corrected chi connectivity index (χ0v) is 11.9. The number of nitrogens with zero attached hydrogens (tertiary/aromatic N) is 1. The average Bonchev–Trinajstić information content (AvgIpc) is 2.41. The summed E-state index contributed by atoms with van der Waals surface area (Å²) in [5.74, 6) is 0.815. The highest BCUT2D eigenvalue weighted by Gasteiger charge is 2.34. The Labute approximate surface area is 112 Å². The summed E-state index contributed by atoms with van der Waals surface area (Å²) >= 11 is 0. The monoisotopic (exact) mass is 255 g/mol. The number of aliphatic hydroxyl groups is 1. The molecule has 1 atom stereocenters. The number of aliphatic hydroxyl groups excluding tert-OH is 1. The van der Waals surface area contributed by atoms with E-state index in [1.807, 2.05) is 0 Å². The number of ether oxygens (including phenoxy) is 1. The molecular formula is C15H29NO2. The van der Waals surface area contributed by atoms with Gasteiger partial charge >= 0.3 is 0 Å².